The van der Waals surface area contributed by atoms with E-state index in [0.717, 1.165) is 16.9 Å². The number of carboxylic acid groups (broad SMARTS) is 1. The van der Waals surface area contributed by atoms with E-state index in [1.54, 1.807) is 44.5 Å². The van der Waals surface area contributed by atoms with E-state index in [1.165, 1.54) is 9.58 Å². The fourth-order valence-corrected chi connectivity index (χ4v) is 4.25. The Bertz CT molecular complexity index is 1400. The molecule has 39 heavy (non-hydrogen) atoms. The van der Waals surface area contributed by atoms with Crippen molar-refractivity contribution in [2.75, 3.05) is 12.5 Å². The third kappa shape index (κ3) is 8.00. The molecule has 0 saturated heterocycles. The second-order valence-electron chi connectivity index (χ2n) is 10.2. The minimum atomic E-state index is -1.04. The highest BCUT2D eigenvalue weighted by atomic mass is 35.5. The number of hydrogen-bond donors (Lipinski definition) is 3. The van der Waals surface area contributed by atoms with Gasteiger partial charge in [-0.15, -0.1) is 0 Å². The van der Waals surface area contributed by atoms with Crippen molar-refractivity contribution in [1.82, 2.24) is 14.9 Å². The summed E-state index contributed by atoms with van der Waals surface area (Å²) in [5.41, 5.74) is 5.62. The van der Waals surface area contributed by atoms with Crippen molar-refractivity contribution in [2.24, 2.45) is 0 Å². The van der Waals surface area contributed by atoms with Crippen molar-refractivity contribution in [1.29, 1.82) is 0 Å². The van der Waals surface area contributed by atoms with Crippen molar-refractivity contribution >= 4 is 23.6 Å². The fraction of sp³-hybridized carbons (Fsp3) is 0.345. The Hall–Kier alpha value is -3.98. The van der Waals surface area contributed by atoms with E-state index in [9.17, 15) is 19.5 Å². The minimum absolute atomic E-state index is 0.106. The first-order valence-corrected chi connectivity index (χ1v) is 12.9. The summed E-state index contributed by atoms with van der Waals surface area (Å²) in [7, 11) is 1.60. The fourth-order valence-electron chi connectivity index (χ4n) is 4.06. The van der Waals surface area contributed by atoms with Crippen molar-refractivity contribution in [2.45, 2.75) is 59.3 Å². The summed E-state index contributed by atoms with van der Waals surface area (Å²) in [6.07, 6.45) is 0.495. The van der Waals surface area contributed by atoms with Crippen molar-refractivity contribution in [3.8, 4) is 5.75 Å². The first kappa shape index (κ1) is 29.6. The van der Waals surface area contributed by atoms with Crippen molar-refractivity contribution in [3.63, 3.8) is 0 Å². The van der Waals surface area contributed by atoms with Crippen LogP contribution < -0.4 is 21.0 Å². The summed E-state index contributed by atoms with van der Waals surface area (Å²) >= 11 is 6.20. The number of nitrogens with one attached hydrogen (secondary N) is 2. The zero-order valence-electron chi connectivity index (χ0n) is 22.9. The molecule has 0 atom stereocenters. The molecule has 3 rings (SSSR count). The number of nitrogens with zero attached hydrogens (tertiary/aromatic N) is 2. The van der Waals surface area contributed by atoms with Gasteiger partial charge in [0.1, 0.15) is 5.75 Å². The van der Waals surface area contributed by atoms with Crippen LogP contribution >= 0.6 is 11.6 Å². The number of ether oxygens (including phenoxy) is 1. The van der Waals surface area contributed by atoms with Gasteiger partial charge in [0.25, 0.3) is 5.56 Å². The van der Waals surface area contributed by atoms with Crippen LogP contribution in [0.1, 0.15) is 48.6 Å². The van der Waals surface area contributed by atoms with Crippen LogP contribution in [-0.2, 0) is 30.8 Å². The standard InChI is InChI=1S/C29H35ClN4O5/c1-19-11-12-34(32-16-20-7-6-8-24(13-20)39-5)27(36)25(19)15-26(35)31-17-22-14-23(30)10-9-21(22)18-33(28(37)38)29(2,3)4/h6-14,32H,15-18H2,1-5H3,(H,31,35)(H,37,38). The Morgan fingerprint density at radius 2 is 1.82 bits per heavy atom. The Labute approximate surface area is 233 Å². The highest BCUT2D eigenvalue weighted by molar-refractivity contribution is 6.30. The number of halogens is 1. The number of aromatic nitrogens is 1. The predicted octanol–water partition coefficient (Wildman–Crippen LogP) is 4.70. The molecule has 0 bridgehead atoms. The molecule has 1 aromatic heterocycles. The third-order valence-corrected chi connectivity index (χ3v) is 6.60. The molecular weight excluding hydrogens is 520 g/mol. The molecule has 208 valence electrons. The molecule has 0 aliphatic carbocycles. The number of aryl methyl sites for hydroxylation is 1. The van der Waals surface area contributed by atoms with Gasteiger partial charge in [0, 0.05) is 35.4 Å². The average Bonchev–Trinajstić information content (AvgIpc) is 2.88. The zero-order valence-corrected chi connectivity index (χ0v) is 23.6. The number of carbonyl (C=O) groups excluding carboxylic acids is 1. The van der Waals surface area contributed by atoms with E-state index in [2.05, 4.69) is 10.7 Å². The molecule has 0 aliphatic rings. The Morgan fingerprint density at radius 3 is 2.49 bits per heavy atom. The SMILES string of the molecule is COc1cccc(CNn2ccc(C)c(CC(=O)NCc3cc(Cl)ccc3CN(C(=O)O)C(C)(C)C)c2=O)c1. The van der Waals surface area contributed by atoms with Crippen LogP contribution in [0.15, 0.2) is 59.5 Å². The number of rotatable bonds is 10. The Balaban J connectivity index is 1.71. The summed E-state index contributed by atoms with van der Waals surface area (Å²) in [5, 5.41) is 13.0. The molecule has 10 heteroatoms. The highest BCUT2D eigenvalue weighted by Gasteiger charge is 2.27. The monoisotopic (exact) mass is 554 g/mol. The van der Waals surface area contributed by atoms with Gasteiger partial charge in [0.2, 0.25) is 5.91 Å². The van der Waals surface area contributed by atoms with Gasteiger partial charge in [-0.05, 0) is 80.3 Å². The molecule has 0 fully saturated rings. The van der Waals surface area contributed by atoms with Crippen LogP contribution in [0.25, 0.3) is 0 Å². The van der Waals surface area contributed by atoms with Gasteiger partial charge < -0.3 is 20.6 Å². The van der Waals surface area contributed by atoms with E-state index in [1.807, 2.05) is 45.0 Å². The van der Waals surface area contributed by atoms with Crippen LogP contribution in [0.4, 0.5) is 4.79 Å². The molecule has 0 aliphatic heterocycles. The first-order chi connectivity index (χ1) is 18.4. The topological polar surface area (TPSA) is 113 Å². The number of amides is 2. The smallest absolute Gasteiger partial charge is 0.408 e. The zero-order chi connectivity index (χ0) is 28.7. The lowest BCUT2D eigenvalue weighted by Crippen LogP contribution is -2.44. The van der Waals surface area contributed by atoms with Crippen molar-refractivity contribution < 1.29 is 19.4 Å². The Morgan fingerprint density at radius 1 is 1.08 bits per heavy atom. The van der Waals surface area contributed by atoms with Crippen LogP contribution in [0.2, 0.25) is 5.02 Å². The van der Waals surface area contributed by atoms with E-state index in [0.29, 0.717) is 28.3 Å². The molecule has 9 nitrogen and oxygen atoms in total. The lowest BCUT2D eigenvalue weighted by molar-refractivity contribution is -0.120. The molecule has 2 aromatic carbocycles. The number of pyridine rings is 1. The molecule has 0 radical (unpaired) electrons. The van der Waals surface area contributed by atoms with E-state index >= 15 is 0 Å². The molecule has 0 unspecified atom stereocenters. The van der Waals surface area contributed by atoms with Gasteiger partial charge in [-0.2, -0.15) is 0 Å². The predicted molar refractivity (Wildman–Crippen MR) is 152 cm³/mol. The molecular formula is C29H35ClN4O5. The molecule has 3 N–H and O–H groups in total. The highest BCUT2D eigenvalue weighted by Crippen LogP contribution is 2.22. The second kappa shape index (κ2) is 12.7. The summed E-state index contributed by atoms with van der Waals surface area (Å²) in [6, 6.07) is 14.5. The van der Waals surface area contributed by atoms with Crippen molar-refractivity contribution in [3.05, 3.63) is 97.9 Å². The minimum Gasteiger partial charge on any atom is -0.497 e. The Kier molecular flexibility index (Phi) is 9.64. The molecule has 3 aromatic rings. The molecule has 1 heterocycles. The molecule has 0 spiro atoms. The first-order valence-electron chi connectivity index (χ1n) is 12.5. The number of carbonyl (C=O) groups is 2. The van der Waals surface area contributed by atoms with Crippen LogP contribution in [0, 0.1) is 6.92 Å². The number of benzene rings is 2. The summed E-state index contributed by atoms with van der Waals surface area (Å²) in [5.74, 6) is 0.387. The molecule has 2 amide bonds. The normalized spacial score (nSPS) is 11.1. The lowest BCUT2D eigenvalue weighted by Gasteiger charge is -2.33. The maximum atomic E-state index is 13.1. The van der Waals surface area contributed by atoms with E-state index in [4.69, 9.17) is 16.3 Å². The largest absolute Gasteiger partial charge is 0.497 e. The maximum Gasteiger partial charge on any atom is 0.408 e. The molecule has 0 saturated carbocycles. The van der Waals surface area contributed by atoms with Gasteiger partial charge in [-0.3, -0.25) is 14.5 Å². The lowest BCUT2D eigenvalue weighted by atomic mass is 10.0. The quantitative estimate of drug-likeness (QED) is 0.335. The van der Waals surface area contributed by atoms with E-state index < -0.39 is 11.6 Å². The average molecular weight is 555 g/mol. The van der Waals surface area contributed by atoms with Gasteiger partial charge in [-0.25, -0.2) is 9.47 Å². The van der Waals surface area contributed by atoms with Crippen LogP contribution in [-0.4, -0.2) is 39.3 Å². The van der Waals surface area contributed by atoms with Gasteiger partial charge in [0.05, 0.1) is 20.1 Å². The second-order valence-corrected chi connectivity index (χ2v) is 10.7. The van der Waals surface area contributed by atoms with Gasteiger partial charge >= 0.3 is 6.09 Å². The third-order valence-electron chi connectivity index (χ3n) is 6.37. The number of methoxy groups -OCH3 is 1. The van der Waals surface area contributed by atoms with Gasteiger partial charge in [0.15, 0.2) is 0 Å². The van der Waals surface area contributed by atoms with Crippen LogP contribution in [0.5, 0.6) is 5.75 Å². The van der Waals surface area contributed by atoms with Gasteiger partial charge in [-0.1, -0.05) is 29.8 Å². The van der Waals surface area contributed by atoms with E-state index in [-0.39, 0.29) is 31.0 Å². The summed E-state index contributed by atoms with van der Waals surface area (Å²) < 4.78 is 6.62. The summed E-state index contributed by atoms with van der Waals surface area (Å²) in [6.45, 7) is 7.92. The maximum absolute atomic E-state index is 13.1. The number of hydrogen-bond acceptors (Lipinski definition) is 5. The van der Waals surface area contributed by atoms with Crippen LogP contribution in [0.3, 0.4) is 0 Å². The summed E-state index contributed by atoms with van der Waals surface area (Å²) in [4.78, 5) is 39.2.